The summed E-state index contributed by atoms with van der Waals surface area (Å²) in [5, 5.41) is 0. The highest BCUT2D eigenvalue weighted by atomic mass is 15.4. The first-order valence-electron chi connectivity index (χ1n) is 10.7. The maximum atomic E-state index is 5.98. The Labute approximate surface area is 179 Å². The first kappa shape index (κ1) is 18.4. The van der Waals surface area contributed by atoms with Gasteiger partial charge in [0.2, 0.25) is 0 Å². The predicted molar refractivity (Wildman–Crippen MR) is 119 cm³/mol. The molecule has 1 saturated carbocycles. The van der Waals surface area contributed by atoms with E-state index in [1.54, 1.807) is 12.4 Å². The Hall–Kier alpha value is -3.36. The van der Waals surface area contributed by atoms with Crippen molar-refractivity contribution in [1.29, 1.82) is 0 Å². The van der Waals surface area contributed by atoms with E-state index in [0.717, 1.165) is 53.1 Å². The van der Waals surface area contributed by atoms with Crippen LogP contribution >= 0.6 is 0 Å². The van der Waals surface area contributed by atoms with Crippen LogP contribution in [0.15, 0.2) is 55.2 Å². The van der Waals surface area contributed by atoms with Crippen LogP contribution < -0.4 is 16.6 Å². The summed E-state index contributed by atoms with van der Waals surface area (Å²) in [5.41, 5.74) is 18.7. The molecule has 0 amide bonds. The smallest absolute Gasteiger partial charge is 0.178 e. The number of rotatable bonds is 3. The van der Waals surface area contributed by atoms with Crippen LogP contribution in [0.2, 0.25) is 0 Å². The fourth-order valence-corrected chi connectivity index (χ4v) is 5.17. The summed E-state index contributed by atoms with van der Waals surface area (Å²) in [5.74, 6) is 1.79. The number of aromatic amines is 1. The van der Waals surface area contributed by atoms with Gasteiger partial charge in [0, 0.05) is 48.2 Å². The van der Waals surface area contributed by atoms with Gasteiger partial charge in [0.15, 0.2) is 5.65 Å². The van der Waals surface area contributed by atoms with E-state index in [9.17, 15) is 0 Å². The molecule has 5 N–H and O–H groups in total. The molecule has 5 heterocycles. The van der Waals surface area contributed by atoms with E-state index in [1.165, 1.54) is 5.56 Å². The summed E-state index contributed by atoms with van der Waals surface area (Å²) in [6.07, 6.45) is 12.4. The van der Waals surface area contributed by atoms with Gasteiger partial charge in [0.25, 0.3) is 0 Å². The molecule has 0 spiro atoms. The van der Waals surface area contributed by atoms with Crippen LogP contribution in [0.1, 0.15) is 42.6 Å². The van der Waals surface area contributed by atoms with Crippen molar-refractivity contribution in [2.24, 2.45) is 5.92 Å². The van der Waals surface area contributed by atoms with Gasteiger partial charge in [-0.2, -0.15) is 0 Å². The highest BCUT2D eigenvalue weighted by molar-refractivity contribution is 5.89. The number of nitrogens with two attached hydrogens (primary N) is 1. The number of anilines is 1. The summed E-state index contributed by atoms with van der Waals surface area (Å²) in [6.45, 7) is 0. The van der Waals surface area contributed by atoms with Crippen molar-refractivity contribution in [2.45, 2.75) is 37.3 Å². The molecule has 4 atom stereocenters. The lowest BCUT2D eigenvalue weighted by Gasteiger charge is -2.32. The van der Waals surface area contributed by atoms with E-state index >= 15 is 0 Å². The Morgan fingerprint density at radius 2 is 1.97 bits per heavy atom. The Morgan fingerprint density at radius 3 is 2.84 bits per heavy atom. The van der Waals surface area contributed by atoms with Gasteiger partial charge in [-0.3, -0.25) is 15.4 Å². The first-order valence-corrected chi connectivity index (χ1v) is 10.7. The van der Waals surface area contributed by atoms with Crippen LogP contribution in [-0.4, -0.2) is 31.0 Å². The van der Waals surface area contributed by atoms with Crippen LogP contribution in [0.5, 0.6) is 0 Å². The lowest BCUT2D eigenvalue weighted by molar-refractivity contribution is 0.274. The number of hydrogen-bond donors (Lipinski definition) is 4. The number of nitrogens with one attached hydrogen (secondary N) is 3. The monoisotopic (exact) mass is 412 g/mol. The van der Waals surface area contributed by atoms with Gasteiger partial charge < -0.3 is 10.7 Å². The Bertz CT molecular complexity index is 1220. The second-order valence-electron chi connectivity index (χ2n) is 8.52. The molecule has 31 heavy (non-hydrogen) atoms. The number of hydrogen-bond acceptors (Lipinski definition) is 7. The number of hydrazine groups is 1. The molecule has 0 bridgehead atoms. The molecule has 1 saturated heterocycles. The van der Waals surface area contributed by atoms with E-state index in [4.69, 9.17) is 10.7 Å². The molecular weight excluding hydrogens is 388 g/mol. The van der Waals surface area contributed by atoms with E-state index in [0.29, 0.717) is 17.9 Å². The van der Waals surface area contributed by atoms with Gasteiger partial charge in [-0.25, -0.2) is 15.4 Å². The normalized spacial score (nSPS) is 25.5. The number of pyridine rings is 3. The van der Waals surface area contributed by atoms with Gasteiger partial charge in [-0.05, 0) is 54.9 Å². The lowest BCUT2D eigenvalue weighted by atomic mass is 9.73. The zero-order valence-electron chi connectivity index (χ0n) is 17.0. The SMILES string of the molecule is Nc1cncc(C2CCC3NNC(c4nc5nccc(-c6cccnc6)c5[nH]4)C3C2)c1. The zero-order valence-corrected chi connectivity index (χ0v) is 17.0. The minimum atomic E-state index is 0.0952. The molecule has 2 fully saturated rings. The molecular formula is C23H24N8. The van der Waals surface area contributed by atoms with E-state index in [-0.39, 0.29) is 6.04 Å². The van der Waals surface area contributed by atoms with Crippen LogP contribution in [0.25, 0.3) is 22.3 Å². The van der Waals surface area contributed by atoms with Crippen LogP contribution in [0.4, 0.5) is 5.69 Å². The fourth-order valence-electron chi connectivity index (χ4n) is 5.17. The quantitative estimate of drug-likeness (QED) is 0.408. The second-order valence-corrected chi connectivity index (χ2v) is 8.52. The fraction of sp³-hybridized carbons (Fsp3) is 0.304. The van der Waals surface area contributed by atoms with Gasteiger partial charge in [-0.15, -0.1) is 0 Å². The summed E-state index contributed by atoms with van der Waals surface area (Å²) in [4.78, 5) is 21.5. The summed E-state index contributed by atoms with van der Waals surface area (Å²) in [7, 11) is 0. The Kier molecular flexibility index (Phi) is 4.40. The maximum Gasteiger partial charge on any atom is 0.178 e. The third-order valence-electron chi connectivity index (χ3n) is 6.68. The van der Waals surface area contributed by atoms with Crippen molar-refractivity contribution in [3.8, 4) is 11.1 Å². The van der Waals surface area contributed by atoms with Crippen LogP contribution in [0, 0.1) is 5.92 Å². The van der Waals surface area contributed by atoms with Crippen molar-refractivity contribution in [2.75, 3.05) is 5.73 Å². The number of aromatic nitrogens is 5. The molecule has 4 aromatic heterocycles. The van der Waals surface area contributed by atoms with E-state index in [2.05, 4.69) is 42.9 Å². The largest absolute Gasteiger partial charge is 0.397 e. The number of nitrogen functional groups attached to an aromatic ring is 1. The van der Waals surface area contributed by atoms with Crippen LogP contribution in [0.3, 0.4) is 0 Å². The highest BCUT2D eigenvalue weighted by Gasteiger charge is 2.42. The standard InChI is InChI=1S/C23H24N8/c24-16-8-15(11-26-12-16)13-3-4-19-18(9-13)21(31-30-19)23-28-20-17(5-7-27-22(20)29-23)14-2-1-6-25-10-14/h1-2,5-8,10-13,18-19,21,30-31H,3-4,9,24H2,(H,27,28,29). The summed E-state index contributed by atoms with van der Waals surface area (Å²) < 4.78 is 0. The highest BCUT2D eigenvalue weighted by Crippen LogP contribution is 2.44. The molecule has 4 aromatic rings. The van der Waals surface area contributed by atoms with E-state index < -0.39 is 0 Å². The maximum absolute atomic E-state index is 5.98. The Balaban J connectivity index is 1.33. The molecule has 156 valence electrons. The van der Waals surface area contributed by atoms with Crippen molar-refractivity contribution in [1.82, 2.24) is 35.8 Å². The Morgan fingerprint density at radius 1 is 1.00 bits per heavy atom. The second kappa shape index (κ2) is 7.40. The van der Waals surface area contributed by atoms with Crippen molar-refractivity contribution < 1.29 is 0 Å². The minimum absolute atomic E-state index is 0.0952. The molecule has 6 rings (SSSR count). The molecule has 8 nitrogen and oxygen atoms in total. The van der Waals surface area contributed by atoms with Crippen molar-refractivity contribution >= 4 is 16.9 Å². The molecule has 2 aliphatic rings. The molecule has 4 unspecified atom stereocenters. The van der Waals surface area contributed by atoms with Gasteiger partial charge >= 0.3 is 0 Å². The molecule has 8 heteroatoms. The molecule has 1 aliphatic carbocycles. The molecule has 0 radical (unpaired) electrons. The average Bonchev–Trinajstić information content (AvgIpc) is 3.43. The van der Waals surface area contributed by atoms with Gasteiger partial charge in [-0.1, -0.05) is 6.07 Å². The van der Waals surface area contributed by atoms with Crippen LogP contribution in [-0.2, 0) is 0 Å². The minimum Gasteiger partial charge on any atom is -0.397 e. The number of fused-ring (bicyclic) bond motifs is 2. The van der Waals surface area contributed by atoms with E-state index in [1.807, 2.05) is 30.7 Å². The molecule has 0 aromatic carbocycles. The third-order valence-corrected chi connectivity index (χ3v) is 6.68. The van der Waals surface area contributed by atoms with Crippen molar-refractivity contribution in [3.05, 3.63) is 66.6 Å². The topological polar surface area (TPSA) is 117 Å². The number of imidazole rings is 1. The number of H-pyrrole nitrogens is 1. The van der Waals surface area contributed by atoms with Gasteiger partial charge in [0.05, 0.1) is 17.2 Å². The van der Waals surface area contributed by atoms with Crippen molar-refractivity contribution in [3.63, 3.8) is 0 Å². The number of nitrogens with zero attached hydrogens (tertiary/aromatic N) is 4. The molecule has 1 aliphatic heterocycles. The first-order chi connectivity index (χ1) is 15.3. The lowest BCUT2D eigenvalue weighted by Crippen LogP contribution is -2.34. The predicted octanol–water partition coefficient (Wildman–Crippen LogP) is 3.10. The summed E-state index contributed by atoms with van der Waals surface area (Å²) >= 11 is 0. The zero-order chi connectivity index (χ0) is 20.8. The summed E-state index contributed by atoms with van der Waals surface area (Å²) in [6, 6.07) is 8.59. The van der Waals surface area contributed by atoms with Gasteiger partial charge in [0.1, 0.15) is 5.82 Å². The third kappa shape index (κ3) is 3.24. The average molecular weight is 413 g/mol.